The third-order valence-corrected chi connectivity index (χ3v) is 5.85. The molecule has 11 heteroatoms. The monoisotopic (exact) mass is 455 g/mol. The van der Waals surface area contributed by atoms with E-state index in [1.54, 1.807) is 19.2 Å². The fourth-order valence-electron chi connectivity index (χ4n) is 4.26. The summed E-state index contributed by atoms with van der Waals surface area (Å²) in [5.74, 6) is 5.46. The van der Waals surface area contributed by atoms with Gasteiger partial charge in [0.05, 0.1) is 35.9 Å². The highest BCUT2D eigenvalue weighted by Gasteiger charge is 2.31. The Balaban J connectivity index is 1.55. The van der Waals surface area contributed by atoms with Gasteiger partial charge in [0, 0.05) is 33.1 Å². The second-order valence-corrected chi connectivity index (χ2v) is 8.07. The summed E-state index contributed by atoms with van der Waals surface area (Å²) in [6.45, 7) is 2.42. The maximum absolute atomic E-state index is 13.0. The first kappa shape index (κ1) is 22.6. The van der Waals surface area contributed by atoms with Crippen LogP contribution >= 0.6 is 0 Å². The number of fused-ring (bicyclic) bond motifs is 1. The zero-order valence-electron chi connectivity index (χ0n) is 18.2. The first-order valence-electron chi connectivity index (χ1n) is 10.7. The van der Waals surface area contributed by atoms with Crippen LogP contribution in [0, 0.1) is 11.8 Å². The normalized spacial score (nSPS) is 21.4. The minimum Gasteiger partial charge on any atom is -0.465 e. The molecule has 3 amide bonds. The van der Waals surface area contributed by atoms with Gasteiger partial charge in [0.25, 0.3) is 0 Å². The molecule has 2 saturated heterocycles. The summed E-state index contributed by atoms with van der Waals surface area (Å²) in [6, 6.07) is 4.64. The summed E-state index contributed by atoms with van der Waals surface area (Å²) in [6.07, 6.45) is -0.864. The van der Waals surface area contributed by atoms with Crippen molar-refractivity contribution in [1.82, 2.24) is 24.7 Å². The molecule has 3 heterocycles. The lowest BCUT2D eigenvalue weighted by Gasteiger charge is -2.31. The molecule has 1 aromatic carbocycles. The maximum Gasteiger partial charge on any atom is 0.404 e. The predicted octanol–water partition coefficient (Wildman–Crippen LogP) is -0.362. The molecular weight excluding hydrogens is 430 g/mol. The number of hydrogen-bond donors (Lipinski definition) is 3. The van der Waals surface area contributed by atoms with Crippen LogP contribution in [0.15, 0.2) is 23.0 Å². The highest BCUT2D eigenvalue weighted by atomic mass is 16.5. The van der Waals surface area contributed by atoms with Crippen LogP contribution in [0.3, 0.4) is 0 Å². The molecule has 11 nitrogen and oxygen atoms in total. The molecule has 0 spiro atoms. The molecule has 4 rings (SSSR count). The Hall–Kier alpha value is -3.62. The fourth-order valence-corrected chi connectivity index (χ4v) is 4.26. The zero-order valence-corrected chi connectivity index (χ0v) is 18.2. The Morgan fingerprint density at radius 2 is 2.15 bits per heavy atom. The van der Waals surface area contributed by atoms with Gasteiger partial charge in [-0.3, -0.25) is 28.9 Å². The number of morpholine rings is 1. The quantitative estimate of drug-likeness (QED) is 0.423. The number of hydrogen-bond acceptors (Lipinski definition) is 6. The number of imide groups is 1. The van der Waals surface area contributed by atoms with Crippen LogP contribution in [-0.2, 0) is 21.4 Å². The smallest absolute Gasteiger partial charge is 0.404 e. The van der Waals surface area contributed by atoms with E-state index in [1.165, 1.54) is 9.13 Å². The van der Waals surface area contributed by atoms with Gasteiger partial charge >= 0.3 is 11.8 Å². The van der Waals surface area contributed by atoms with Crippen LogP contribution < -0.4 is 16.3 Å². The molecular formula is C22H25N5O6. The Bertz CT molecular complexity index is 1220. The van der Waals surface area contributed by atoms with Gasteiger partial charge in [0.15, 0.2) is 0 Å². The van der Waals surface area contributed by atoms with E-state index in [2.05, 4.69) is 27.4 Å². The fraction of sp³-hybridized carbons (Fsp3) is 0.455. The van der Waals surface area contributed by atoms with Gasteiger partial charge in [0.1, 0.15) is 6.04 Å². The van der Waals surface area contributed by atoms with E-state index in [9.17, 15) is 19.2 Å². The number of imidazole rings is 1. The molecule has 2 aliphatic rings. The first-order chi connectivity index (χ1) is 15.8. The van der Waals surface area contributed by atoms with Crippen molar-refractivity contribution in [3.05, 3.63) is 34.2 Å². The van der Waals surface area contributed by atoms with E-state index in [-0.39, 0.29) is 37.1 Å². The second kappa shape index (κ2) is 9.48. The Kier molecular flexibility index (Phi) is 6.48. The molecule has 2 aliphatic heterocycles. The third kappa shape index (κ3) is 4.76. The number of nitrogens with one attached hydrogen (secondary N) is 2. The van der Waals surface area contributed by atoms with Gasteiger partial charge < -0.3 is 15.2 Å². The SMILES string of the molecule is Cn1c(=O)n(C2CCC(=O)NC2=O)c2cccc(C#CCN3CCO[C@H](CNC(=O)O)C3)c21. The summed E-state index contributed by atoms with van der Waals surface area (Å²) in [5, 5.41) is 13.4. The van der Waals surface area contributed by atoms with E-state index < -0.39 is 18.0 Å². The number of carbonyl (C=O) groups excluding carboxylic acids is 2. The minimum absolute atomic E-state index is 0.182. The molecule has 2 fully saturated rings. The molecule has 0 aliphatic carbocycles. The Morgan fingerprint density at radius 3 is 2.91 bits per heavy atom. The van der Waals surface area contributed by atoms with Crippen molar-refractivity contribution >= 4 is 28.9 Å². The third-order valence-electron chi connectivity index (χ3n) is 5.85. The molecule has 2 aromatic rings. The Labute approximate surface area is 189 Å². The number of aryl methyl sites for hydroxylation is 1. The van der Waals surface area contributed by atoms with Crippen molar-refractivity contribution in [2.75, 3.05) is 32.8 Å². The van der Waals surface area contributed by atoms with Gasteiger partial charge in [-0.2, -0.15) is 0 Å². The van der Waals surface area contributed by atoms with Crippen molar-refractivity contribution in [1.29, 1.82) is 0 Å². The van der Waals surface area contributed by atoms with Crippen LogP contribution in [-0.4, -0.2) is 75.9 Å². The average molecular weight is 455 g/mol. The molecule has 0 bridgehead atoms. The van der Waals surface area contributed by atoms with Gasteiger partial charge in [-0.15, -0.1) is 0 Å². The number of aromatic nitrogens is 2. The standard InChI is InChI=1S/C22H25N5O6/c1-25-19-14(5-3-9-26-10-11-33-15(13-26)12-23-21(30)31)4-2-6-16(19)27(22(25)32)17-7-8-18(28)24-20(17)29/h2,4,6,15,17,23H,7-13H2,1H3,(H,30,31)(H,24,28,29)/t15-,17?/m1/s1. The number of piperidine rings is 1. The summed E-state index contributed by atoms with van der Waals surface area (Å²) in [4.78, 5) is 49.6. The van der Waals surface area contributed by atoms with Gasteiger partial charge in [-0.05, 0) is 18.6 Å². The highest BCUT2D eigenvalue weighted by molar-refractivity contribution is 6.00. The van der Waals surface area contributed by atoms with Crippen molar-refractivity contribution in [3.8, 4) is 11.8 Å². The van der Waals surface area contributed by atoms with E-state index >= 15 is 0 Å². The van der Waals surface area contributed by atoms with E-state index in [0.717, 1.165) is 0 Å². The summed E-state index contributed by atoms with van der Waals surface area (Å²) >= 11 is 0. The topological polar surface area (TPSA) is 135 Å². The van der Waals surface area contributed by atoms with Crippen molar-refractivity contribution in [2.45, 2.75) is 25.0 Å². The second-order valence-electron chi connectivity index (χ2n) is 8.07. The van der Waals surface area contributed by atoms with Crippen LogP contribution in [0.4, 0.5) is 4.79 Å². The van der Waals surface area contributed by atoms with Crippen LogP contribution in [0.5, 0.6) is 0 Å². The summed E-state index contributed by atoms with van der Waals surface area (Å²) in [5.41, 5.74) is 1.55. The lowest BCUT2D eigenvalue weighted by Crippen LogP contribution is -2.47. The minimum atomic E-state index is -1.08. The summed E-state index contributed by atoms with van der Waals surface area (Å²) in [7, 11) is 1.64. The van der Waals surface area contributed by atoms with Crippen molar-refractivity contribution < 1.29 is 24.2 Å². The van der Waals surface area contributed by atoms with E-state index in [1.807, 2.05) is 6.07 Å². The van der Waals surface area contributed by atoms with E-state index in [4.69, 9.17) is 9.84 Å². The zero-order chi connectivity index (χ0) is 23.5. The largest absolute Gasteiger partial charge is 0.465 e. The van der Waals surface area contributed by atoms with Crippen LogP contribution in [0.2, 0.25) is 0 Å². The lowest BCUT2D eigenvalue weighted by atomic mass is 10.1. The molecule has 2 atom stereocenters. The number of rotatable bonds is 4. The number of amides is 3. The van der Waals surface area contributed by atoms with Gasteiger partial charge in [-0.25, -0.2) is 9.59 Å². The maximum atomic E-state index is 13.0. The number of carbonyl (C=O) groups is 3. The molecule has 174 valence electrons. The molecule has 3 N–H and O–H groups in total. The average Bonchev–Trinajstić information content (AvgIpc) is 3.04. The molecule has 0 radical (unpaired) electrons. The van der Waals surface area contributed by atoms with Gasteiger partial charge in [-0.1, -0.05) is 17.9 Å². The predicted molar refractivity (Wildman–Crippen MR) is 118 cm³/mol. The van der Waals surface area contributed by atoms with Gasteiger partial charge in [0.2, 0.25) is 11.8 Å². The first-order valence-corrected chi connectivity index (χ1v) is 10.7. The van der Waals surface area contributed by atoms with Crippen molar-refractivity contribution in [3.63, 3.8) is 0 Å². The number of ether oxygens (including phenoxy) is 1. The number of benzene rings is 1. The van der Waals surface area contributed by atoms with Crippen molar-refractivity contribution in [2.24, 2.45) is 7.05 Å². The van der Waals surface area contributed by atoms with Crippen LogP contribution in [0.25, 0.3) is 11.0 Å². The lowest BCUT2D eigenvalue weighted by molar-refractivity contribution is -0.135. The molecule has 0 saturated carbocycles. The van der Waals surface area contributed by atoms with E-state index in [0.29, 0.717) is 42.8 Å². The highest BCUT2D eigenvalue weighted by Crippen LogP contribution is 2.24. The number of para-hydroxylation sites is 1. The Morgan fingerprint density at radius 1 is 1.33 bits per heavy atom. The number of nitrogens with zero attached hydrogens (tertiary/aromatic N) is 3. The van der Waals surface area contributed by atoms with Crippen LogP contribution in [0.1, 0.15) is 24.4 Å². The number of carboxylic acid groups (broad SMARTS) is 1. The molecule has 33 heavy (non-hydrogen) atoms. The molecule has 1 aromatic heterocycles. The molecule has 1 unspecified atom stereocenters. The summed E-state index contributed by atoms with van der Waals surface area (Å²) < 4.78 is 8.49.